The lowest BCUT2D eigenvalue weighted by molar-refractivity contribution is -0.146. The number of nitrogens with one attached hydrogen (secondary N) is 1. The summed E-state index contributed by atoms with van der Waals surface area (Å²) in [7, 11) is 0. The molecule has 29 heavy (non-hydrogen) atoms. The standard InChI is InChI=1S/C23H26BrNO4/c24-20-10-8-17(9-11-20)16-25-23(27)21-14-19(18-6-2-1-3-7-18)15-22(29-21)28-13-5-4-12-26/h1-3,6-11,14,19,22,26H,4-5,12-13,15-16H2,(H,25,27)/t19-,22+/m1/s1. The first-order chi connectivity index (χ1) is 14.2. The maximum Gasteiger partial charge on any atom is 0.286 e. The van der Waals surface area contributed by atoms with Gasteiger partial charge in [-0.3, -0.25) is 4.79 Å². The molecule has 5 nitrogen and oxygen atoms in total. The van der Waals surface area contributed by atoms with Crippen LogP contribution in [0.25, 0.3) is 0 Å². The number of carbonyl (C=O) groups is 1. The van der Waals surface area contributed by atoms with Gasteiger partial charge in [-0.15, -0.1) is 0 Å². The number of halogens is 1. The molecule has 0 radical (unpaired) electrons. The minimum absolute atomic E-state index is 0.0428. The van der Waals surface area contributed by atoms with Crippen molar-refractivity contribution < 1.29 is 19.4 Å². The van der Waals surface area contributed by atoms with Gasteiger partial charge in [0.25, 0.3) is 5.91 Å². The van der Waals surface area contributed by atoms with Gasteiger partial charge in [-0.25, -0.2) is 0 Å². The molecular formula is C23H26BrNO4. The van der Waals surface area contributed by atoms with Gasteiger partial charge in [0.1, 0.15) is 0 Å². The van der Waals surface area contributed by atoms with Crippen LogP contribution in [-0.2, 0) is 20.8 Å². The van der Waals surface area contributed by atoms with E-state index in [0.717, 1.165) is 22.0 Å². The number of hydrogen-bond acceptors (Lipinski definition) is 4. The summed E-state index contributed by atoms with van der Waals surface area (Å²) in [6.07, 6.45) is 3.47. The van der Waals surface area contributed by atoms with E-state index >= 15 is 0 Å². The van der Waals surface area contributed by atoms with Crippen molar-refractivity contribution in [2.45, 2.75) is 38.0 Å². The Balaban J connectivity index is 1.66. The molecule has 0 aromatic heterocycles. The number of rotatable bonds is 9. The van der Waals surface area contributed by atoms with Crippen LogP contribution in [-0.4, -0.2) is 30.5 Å². The molecule has 2 aromatic carbocycles. The number of benzene rings is 2. The highest BCUT2D eigenvalue weighted by Crippen LogP contribution is 2.31. The lowest BCUT2D eigenvalue weighted by Gasteiger charge is -2.29. The zero-order valence-electron chi connectivity index (χ0n) is 16.2. The molecule has 1 amide bonds. The van der Waals surface area contributed by atoms with E-state index in [2.05, 4.69) is 21.2 Å². The van der Waals surface area contributed by atoms with Crippen LogP contribution in [0.2, 0.25) is 0 Å². The van der Waals surface area contributed by atoms with Crippen LogP contribution in [0, 0.1) is 0 Å². The summed E-state index contributed by atoms with van der Waals surface area (Å²) in [5, 5.41) is 11.8. The fourth-order valence-corrected chi connectivity index (χ4v) is 3.42. The first kappa shape index (κ1) is 21.6. The second-order valence-corrected chi connectivity index (χ2v) is 7.86. The number of ether oxygens (including phenoxy) is 2. The van der Waals surface area contributed by atoms with Crippen LogP contribution in [0.3, 0.4) is 0 Å². The van der Waals surface area contributed by atoms with Crippen molar-refractivity contribution in [1.82, 2.24) is 5.32 Å². The Kier molecular flexibility index (Phi) is 8.28. The monoisotopic (exact) mass is 459 g/mol. The van der Waals surface area contributed by atoms with Crippen molar-refractivity contribution in [3.05, 3.63) is 82.0 Å². The molecule has 2 aromatic rings. The van der Waals surface area contributed by atoms with Gasteiger partial charge < -0.3 is 19.9 Å². The Morgan fingerprint density at radius 3 is 2.62 bits per heavy atom. The van der Waals surface area contributed by atoms with Crippen molar-refractivity contribution in [2.75, 3.05) is 13.2 Å². The van der Waals surface area contributed by atoms with Crippen LogP contribution in [0.4, 0.5) is 0 Å². The number of unbranched alkanes of at least 4 members (excludes halogenated alkanes) is 1. The third-order valence-electron chi connectivity index (χ3n) is 4.73. The van der Waals surface area contributed by atoms with Gasteiger partial charge >= 0.3 is 0 Å². The number of aliphatic hydroxyl groups excluding tert-OH is 1. The van der Waals surface area contributed by atoms with E-state index < -0.39 is 6.29 Å². The quantitative estimate of drug-likeness (QED) is 0.549. The maximum absolute atomic E-state index is 12.7. The Morgan fingerprint density at radius 1 is 1.14 bits per heavy atom. The van der Waals surface area contributed by atoms with E-state index in [4.69, 9.17) is 14.6 Å². The van der Waals surface area contributed by atoms with Gasteiger partial charge in [0, 0.05) is 30.0 Å². The molecule has 1 aliphatic heterocycles. The SMILES string of the molecule is O=C(NCc1ccc(Br)cc1)C1=C[C@@H](c2ccccc2)C[C@@H](OCCCCO)O1. The molecule has 2 atom stereocenters. The van der Waals surface area contributed by atoms with Crippen LogP contribution in [0.15, 0.2) is 70.9 Å². The zero-order valence-corrected chi connectivity index (χ0v) is 17.8. The van der Waals surface area contributed by atoms with Gasteiger partial charge in [-0.05, 0) is 42.2 Å². The highest BCUT2D eigenvalue weighted by Gasteiger charge is 2.28. The van der Waals surface area contributed by atoms with Crippen molar-refractivity contribution in [2.24, 2.45) is 0 Å². The maximum atomic E-state index is 12.7. The Labute approximate surface area is 179 Å². The predicted molar refractivity (Wildman–Crippen MR) is 115 cm³/mol. The summed E-state index contributed by atoms with van der Waals surface area (Å²) < 4.78 is 12.7. The molecule has 1 heterocycles. The van der Waals surface area contributed by atoms with E-state index in [1.165, 1.54) is 0 Å². The molecule has 0 fully saturated rings. The summed E-state index contributed by atoms with van der Waals surface area (Å²) >= 11 is 3.41. The van der Waals surface area contributed by atoms with Gasteiger partial charge in [0.05, 0.1) is 6.61 Å². The second kappa shape index (κ2) is 11.1. The summed E-state index contributed by atoms with van der Waals surface area (Å²) in [6, 6.07) is 17.9. The average molecular weight is 460 g/mol. The average Bonchev–Trinajstić information content (AvgIpc) is 2.76. The van der Waals surface area contributed by atoms with Crippen molar-refractivity contribution in [3.63, 3.8) is 0 Å². The summed E-state index contributed by atoms with van der Waals surface area (Å²) in [4.78, 5) is 12.7. The van der Waals surface area contributed by atoms with Gasteiger partial charge in [-0.2, -0.15) is 0 Å². The molecule has 1 aliphatic rings. The Morgan fingerprint density at radius 2 is 1.90 bits per heavy atom. The zero-order chi connectivity index (χ0) is 20.5. The number of hydrogen-bond donors (Lipinski definition) is 2. The molecular weight excluding hydrogens is 434 g/mol. The van der Waals surface area contributed by atoms with Crippen molar-refractivity contribution in [1.29, 1.82) is 0 Å². The van der Waals surface area contributed by atoms with Crippen LogP contribution >= 0.6 is 15.9 Å². The number of aliphatic hydroxyl groups is 1. The molecule has 0 spiro atoms. The minimum Gasteiger partial charge on any atom is -0.459 e. The molecule has 3 rings (SSSR count). The van der Waals surface area contributed by atoms with Gasteiger partial charge in [-0.1, -0.05) is 58.4 Å². The highest BCUT2D eigenvalue weighted by atomic mass is 79.9. The highest BCUT2D eigenvalue weighted by molar-refractivity contribution is 9.10. The lowest BCUT2D eigenvalue weighted by Crippen LogP contribution is -2.32. The Hall–Kier alpha value is -2.15. The first-order valence-corrected chi connectivity index (χ1v) is 10.6. The van der Waals surface area contributed by atoms with Crippen LogP contribution in [0.1, 0.15) is 36.3 Å². The second-order valence-electron chi connectivity index (χ2n) is 6.94. The fourth-order valence-electron chi connectivity index (χ4n) is 3.15. The Bertz CT molecular complexity index is 807. The third kappa shape index (κ3) is 6.70. The topological polar surface area (TPSA) is 67.8 Å². The summed E-state index contributed by atoms with van der Waals surface area (Å²) in [5.41, 5.74) is 2.13. The summed E-state index contributed by atoms with van der Waals surface area (Å²) in [6.45, 7) is 1.05. The van der Waals surface area contributed by atoms with E-state index in [1.54, 1.807) is 0 Å². The molecule has 0 saturated heterocycles. The number of allylic oxidation sites excluding steroid dienone is 1. The van der Waals surface area contributed by atoms with Gasteiger partial charge in [0.2, 0.25) is 6.29 Å². The first-order valence-electron chi connectivity index (χ1n) is 9.84. The van der Waals surface area contributed by atoms with Crippen LogP contribution in [0.5, 0.6) is 0 Å². The van der Waals surface area contributed by atoms with Crippen LogP contribution < -0.4 is 5.32 Å². The fraction of sp³-hybridized carbons (Fsp3) is 0.348. The minimum atomic E-state index is -0.489. The molecule has 2 N–H and O–H groups in total. The van der Waals surface area contributed by atoms with Crippen molar-refractivity contribution >= 4 is 21.8 Å². The van der Waals surface area contributed by atoms with E-state index in [-0.39, 0.29) is 24.2 Å². The summed E-state index contributed by atoms with van der Waals surface area (Å²) in [5.74, 6) is 0.0769. The number of carbonyl (C=O) groups excluding carboxylic acids is 1. The molecule has 0 unspecified atom stereocenters. The van der Waals surface area contributed by atoms with Gasteiger partial charge in [0.15, 0.2) is 5.76 Å². The van der Waals surface area contributed by atoms with Crippen molar-refractivity contribution in [3.8, 4) is 0 Å². The van der Waals surface area contributed by atoms with E-state index in [0.29, 0.717) is 26.0 Å². The van der Waals surface area contributed by atoms with E-state index in [1.807, 2.05) is 60.7 Å². The lowest BCUT2D eigenvalue weighted by atomic mass is 9.93. The number of amides is 1. The van der Waals surface area contributed by atoms with E-state index in [9.17, 15) is 4.79 Å². The molecule has 6 heteroatoms. The normalized spacial score (nSPS) is 18.6. The largest absolute Gasteiger partial charge is 0.459 e. The molecule has 0 bridgehead atoms. The smallest absolute Gasteiger partial charge is 0.286 e. The predicted octanol–water partition coefficient (Wildman–Crippen LogP) is 4.27. The molecule has 0 saturated carbocycles. The molecule has 0 aliphatic carbocycles. The molecule has 154 valence electrons. The third-order valence-corrected chi connectivity index (χ3v) is 5.26.